The quantitative estimate of drug-likeness (QED) is 0.316. The van der Waals surface area contributed by atoms with E-state index in [0.29, 0.717) is 34.7 Å². The molecular weight excluding hydrogens is 386 g/mol. The second-order valence-electron chi connectivity index (χ2n) is 6.27. The van der Waals surface area contributed by atoms with Gasteiger partial charge in [0.15, 0.2) is 11.5 Å². The van der Waals surface area contributed by atoms with Crippen molar-refractivity contribution in [1.29, 1.82) is 0 Å². The zero-order valence-corrected chi connectivity index (χ0v) is 17.0. The lowest BCUT2D eigenvalue weighted by atomic mass is 10.1. The third-order valence-corrected chi connectivity index (χ3v) is 4.12. The molecule has 0 fully saturated rings. The van der Waals surface area contributed by atoms with Crippen LogP contribution in [0.4, 0.5) is 5.69 Å². The average Bonchev–Trinajstić information content (AvgIpc) is 2.75. The average molecular weight is 411 g/mol. The minimum atomic E-state index is -0.404. The van der Waals surface area contributed by atoms with Crippen LogP contribution in [0.2, 0.25) is 0 Å². The van der Waals surface area contributed by atoms with Crippen LogP contribution in [0.25, 0.3) is 0 Å². The highest BCUT2D eigenvalue weighted by molar-refractivity contribution is 5.94. The Hall–Kier alpha value is -3.81. The maximum atomic E-state index is 12.1. The van der Waals surface area contributed by atoms with Crippen LogP contribution in [0.5, 0.6) is 17.2 Å². The summed E-state index contributed by atoms with van der Waals surface area (Å²) in [6.07, 6.45) is 3.51. The summed E-state index contributed by atoms with van der Waals surface area (Å²) < 4.78 is 10.3. The molecule has 0 aliphatic rings. The smallest absolute Gasteiger partial charge is 0.240 e. The van der Waals surface area contributed by atoms with E-state index in [1.165, 1.54) is 20.4 Å². The van der Waals surface area contributed by atoms with Crippen LogP contribution in [0, 0.1) is 0 Å². The van der Waals surface area contributed by atoms with Crippen molar-refractivity contribution >= 4 is 23.7 Å². The van der Waals surface area contributed by atoms with E-state index in [1.807, 2.05) is 0 Å². The number of anilines is 1. The number of amides is 2. The largest absolute Gasteiger partial charge is 0.504 e. The molecule has 0 spiro atoms. The molecule has 0 bridgehead atoms. The van der Waals surface area contributed by atoms with Crippen LogP contribution in [0.15, 0.2) is 54.2 Å². The van der Waals surface area contributed by atoms with Gasteiger partial charge in [0.1, 0.15) is 5.75 Å². The maximum absolute atomic E-state index is 12.1. The van der Waals surface area contributed by atoms with Crippen molar-refractivity contribution in [2.75, 3.05) is 19.5 Å². The molecule has 2 aromatic carbocycles. The third-order valence-electron chi connectivity index (χ3n) is 4.12. The van der Waals surface area contributed by atoms with Crippen LogP contribution in [0.3, 0.4) is 0 Å². The number of nitrogens with zero attached hydrogens (tertiary/aromatic N) is 1. The number of ether oxygens (including phenoxy) is 2. The van der Waals surface area contributed by atoms with Crippen LogP contribution >= 0.6 is 0 Å². The second kappa shape index (κ2) is 11.3. The standard InChI is InChI=1S/C22H25N3O5/c1-4-7-16-12-15(13-19(30-3)22(16)28)14-23-25-21(27)11-10-20(26)24-17-8-5-6-9-18(17)29-2/h4-6,8-9,12-14,28H,1,7,10-11H2,2-3H3,(H,24,26)(H,25,27). The number of nitrogens with one attached hydrogen (secondary N) is 2. The summed E-state index contributed by atoms with van der Waals surface area (Å²) in [6, 6.07) is 10.3. The van der Waals surface area contributed by atoms with Gasteiger partial charge in [0.05, 0.1) is 26.1 Å². The molecule has 8 heteroatoms. The summed E-state index contributed by atoms with van der Waals surface area (Å²) in [6.45, 7) is 3.66. The SMILES string of the molecule is C=CCc1cc(C=NNC(=O)CCC(=O)Nc2ccccc2OC)cc(OC)c1O. The van der Waals surface area contributed by atoms with E-state index >= 15 is 0 Å². The Balaban J connectivity index is 1.88. The number of rotatable bonds is 10. The first-order chi connectivity index (χ1) is 14.5. The molecule has 0 aromatic heterocycles. The topological polar surface area (TPSA) is 109 Å². The van der Waals surface area contributed by atoms with Crippen LogP contribution in [0.1, 0.15) is 24.0 Å². The summed E-state index contributed by atoms with van der Waals surface area (Å²) in [5, 5.41) is 16.7. The van der Waals surface area contributed by atoms with Crippen molar-refractivity contribution in [2.24, 2.45) is 5.10 Å². The molecule has 158 valence electrons. The fourth-order valence-electron chi connectivity index (χ4n) is 2.65. The highest BCUT2D eigenvalue weighted by atomic mass is 16.5. The number of aromatic hydroxyl groups is 1. The molecule has 2 rings (SSSR count). The lowest BCUT2D eigenvalue weighted by Gasteiger charge is -2.09. The Morgan fingerprint density at radius 1 is 1.10 bits per heavy atom. The van der Waals surface area contributed by atoms with E-state index < -0.39 is 5.91 Å². The molecule has 0 saturated carbocycles. The Morgan fingerprint density at radius 3 is 2.50 bits per heavy atom. The predicted molar refractivity (Wildman–Crippen MR) is 115 cm³/mol. The van der Waals surface area contributed by atoms with Crippen molar-refractivity contribution in [3.63, 3.8) is 0 Å². The molecular formula is C22H25N3O5. The Morgan fingerprint density at radius 2 is 1.80 bits per heavy atom. The molecule has 30 heavy (non-hydrogen) atoms. The van der Waals surface area contributed by atoms with E-state index in [1.54, 1.807) is 42.5 Å². The minimum absolute atomic E-state index is 0.00405. The summed E-state index contributed by atoms with van der Waals surface area (Å²) in [4.78, 5) is 24.0. The predicted octanol–water partition coefficient (Wildman–Crippen LogP) is 3.01. The van der Waals surface area contributed by atoms with Crippen molar-refractivity contribution < 1.29 is 24.2 Å². The van der Waals surface area contributed by atoms with E-state index in [9.17, 15) is 14.7 Å². The molecule has 0 heterocycles. The van der Waals surface area contributed by atoms with E-state index in [2.05, 4.69) is 22.4 Å². The van der Waals surface area contributed by atoms with Crippen LogP contribution in [-0.2, 0) is 16.0 Å². The number of hydrogen-bond donors (Lipinski definition) is 3. The molecule has 0 aliphatic carbocycles. The van der Waals surface area contributed by atoms with Gasteiger partial charge in [-0.05, 0) is 36.2 Å². The van der Waals surface area contributed by atoms with Crippen molar-refractivity contribution in [1.82, 2.24) is 5.43 Å². The number of para-hydroxylation sites is 2. The van der Waals surface area contributed by atoms with Crippen molar-refractivity contribution in [2.45, 2.75) is 19.3 Å². The number of hydrazone groups is 1. The summed E-state index contributed by atoms with van der Waals surface area (Å²) >= 11 is 0. The maximum Gasteiger partial charge on any atom is 0.240 e. The monoisotopic (exact) mass is 411 g/mol. The fraction of sp³-hybridized carbons (Fsp3) is 0.227. The van der Waals surface area contributed by atoms with Gasteiger partial charge in [0.2, 0.25) is 11.8 Å². The van der Waals surface area contributed by atoms with Crippen molar-refractivity contribution in [3.8, 4) is 17.2 Å². The first-order valence-corrected chi connectivity index (χ1v) is 9.24. The molecule has 2 aromatic rings. The van der Waals surface area contributed by atoms with Gasteiger partial charge in [0, 0.05) is 18.4 Å². The Bertz CT molecular complexity index is 940. The molecule has 0 atom stereocenters. The van der Waals surface area contributed by atoms with Gasteiger partial charge in [-0.3, -0.25) is 9.59 Å². The van der Waals surface area contributed by atoms with Crippen molar-refractivity contribution in [3.05, 3.63) is 60.2 Å². The number of carbonyl (C=O) groups is 2. The van der Waals surface area contributed by atoms with E-state index in [-0.39, 0.29) is 24.5 Å². The highest BCUT2D eigenvalue weighted by Gasteiger charge is 2.10. The number of benzene rings is 2. The highest BCUT2D eigenvalue weighted by Crippen LogP contribution is 2.31. The summed E-state index contributed by atoms with van der Waals surface area (Å²) in [7, 11) is 2.96. The number of phenols is 1. The van der Waals surface area contributed by atoms with Gasteiger partial charge in [-0.1, -0.05) is 18.2 Å². The van der Waals surface area contributed by atoms with Gasteiger partial charge in [-0.15, -0.1) is 6.58 Å². The molecule has 8 nitrogen and oxygen atoms in total. The van der Waals surface area contributed by atoms with Crippen LogP contribution in [-0.4, -0.2) is 37.4 Å². The van der Waals surface area contributed by atoms with Crippen LogP contribution < -0.4 is 20.2 Å². The van der Waals surface area contributed by atoms with Gasteiger partial charge < -0.3 is 19.9 Å². The van der Waals surface area contributed by atoms with Gasteiger partial charge >= 0.3 is 0 Å². The number of hydrogen-bond acceptors (Lipinski definition) is 6. The number of carbonyl (C=O) groups excluding carboxylic acids is 2. The molecule has 2 amide bonds. The molecule has 0 radical (unpaired) electrons. The Kier molecular flexibility index (Phi) is 8.43. The summed E-state index contributed by atoms with van der Waals surface area (Å²) in [5.41, 5.74) is 4.19. The third kappa shape index (κ3) is 6.37. The first-order valence-electron chi connectivity index (χ1n) is 9.24. The van der Waals surface area contributed by atoms with Gasteiger partial charge in [0.25, 0.3) is 0 Å². The molecule has 3 N–H and O–H groups in total. The zero-order chi connectivity index (χ0) is 21.9. The lowest BCUT2D eigenvalue weighted by Crippen LogP contribution is -2.20. The molecule has 0 saturated heterocycles. The fourth-order valence-corrected chi connectivity index (χ4v) is 2.65. The minimum Gasteiger partial charge on any atom is -0.504 e. The lowest BCUT2D eigenvalue weighted by molar-refractivity contribution is -0.124. The number of phenolic OH excluding ortho intramolecular Hbond substituents is 1. The molecule has 0 aliphatic heterocycles. The summed E-state index contributed by atoms with van der Waals surface area (Å²) in [5.74, 6) is 0.171. The van der Waals surface area contributed by atoms with Gasteiger partial charge in [-0.2, -0.15) is 5.10 Å². The Labute approximate surface area is 175 Å². The zero-order valence-electron chi connectivity index (χ0n) is 17.0. The van der Waals surface area contributed by atoms with E-state index in [4.69, 9.17) is 9.47 Å². The van der Waals surface area contributed by atoms with Gasteiger partial charge in [-0.25, -0.2) is 5.43 Å². The number of allylic oxidation sites excluding steroid dienone is 1. The first kappa shape index (κ1) is 22.5. The molecule has 0 unspecified atom stereocenters. The normalized spacial score (nSPS) is 10.5. The number of methoxy groups -OCH3 is 2. The second-order valence-corrected chi connectivity index (χ2v) is 6.27. The van der Waals surface area contributed by atoms with E-state index in [0.717, 1.165) is 0 Å².